The van der Waals surface area contributed by atoms with Crippen LogP contribution in [0.5, 0.6) is 0 Å². The molecule has 0 aromatic heterocycles. The Morgan fingerprint density at radius 1 is 1.28 bits per heavy atom. The molecule has 0 spiro atoms. The molecule has 0 aromatic carbocycles. The minimum absolute atomic E-state index is 0.0627. The zero-order chi connectivity index (χ0) is 13.1. The summed E-state index contributed by atoms with van der Waals surface area (Å²) < 4.78 is 0. The van der Waals surface area contributed by atoms with Gasteiger partial charge >= 0.3 is 5.97 Å². The van der Waals surface area contributed by atoms with E-state index in [2.05, 4.69) is 0 Å². The van der Waals surface area contributed by atoms with Crippen LogP contribution in [-0.4, -0.2) is 58.9 Å². The summed E-state index contributed by atoms with van der Waals surface area (Å²) >= 11 is 0. The molecule has 0 unspecified atom stereocenters. The van der Waals surface area contributed by atoms with Crippen molar-refractivity contribution in [1.82, 2.24) is 9.80 Å². The van der Waals surface area contributed by atoms with Gasteiger partial charge in [-0.15, -0.1) is 0 Å². The van der Waals surface area contributed by atoms with E-state index in [4.69, 9.17) is 5.11 Å². The topological polar surface area (TPSA) is 77.9 Å². The zero-order valence-corrected chi connectivity index (χ0v) is 10.3. The second-order valence-corrected chi connectivity index (χ2v) is 4.92. The second kappa shape index (κ2) is 5.37. The number of carbonyl (C=O) groups is 3. The molecule has 0 radical (unpaired) electrons. The van der Waals surface area contributed by atoms with Crippen LogP contribution in [0.1, 0.15) is 25.7 Å². The zero-order valence-electron chi connectivity index (χ0n) is 10.3. The standard InChI is InChI=1S/C12H18N2O4/c15-10(13-4-1-2-5-13)3-6-14-8-9(12(17)18)7-11(14)16/h9H,1-8H2,(H,17,18)/t9-/m0/s1. The lowest BCUT2D eigenvalue weighted by Gasteiger charge is -2.19. The minimum Gasteiger partial charge on any atom is -0.481 e. The van der Waals surface area contributed by atoms with Crippen molar-refractivity contribution < 1.29 is 19.5 Å². The quantitative estimate of drug-likeness (QED) is 0.762. The first-order chi connectivity index (χ1) is 8.58. The largest absolute Gasteiger partial charge is 0.481 e. The molecule has 18 heavy (non-hydrogen) atoms. The fraction of sp³-hybridized carbons (Fsp3) is 0.750. The molecule has 2 aliphatic heterocycles. The van der Waals surface area contributed by atoms with E-state index < -0.39 is 11.9 Å². The van der Waals surface area contributed by atoms with E-state index in [0.29, 0.717) is 13.0 Å². The maximum Gasteiger partial charge on any atom is 0.308 e. The van der Waals surface area contributed by atoms with Crippen molar-refractivity contribution >= 4 is 17.8 Å². The summed E-state index contributed by atoms with van der Waals surface area (Å²) in [6, 6.07) is 0. The van der Waals surface area contributed by atoms with Crippen molar-refractivity contribution in [3.63, 3.8) is 0 Å². The van der Waals surface area contributed by atoms with Crippen molar-refractivity contribution in [2.75, 3.05) is 26.2 Å². The average molecular weight is 254 g/mol. The molecular formula is C12H18N2O4. The Morgan fingerprint density at radius 2 is 1.94 bits per heavy atom. The molecule has 0 aromatic rings. The molecule has 6 heteroatoms. The molecule has 0 bridgehead atoms. The van der Waals surface area contributed by atoms with Crippen LogP contribution in [0, 0.1) is 5.92 Å². The molecule has 2 fully saturated rings. The first kappa shape index (κ1) is 12.9. The number of hydrogen-bond donors (Lipinski definition) is 1. The van der Waals surface area contributed by atoms with Gasteiger partial charge in [0.05, 0.1) is 5.92 Å². The van der Waals surface area contributed by atoms with Gasteiger partial charge in [0.2, 0.25) is 11.8 Å². The minimum atomic E-state index is -0.934. The Bertz CT molecular complexity index is 363. The van der Waals surface area contributed by atoms with Gasteiger partial charge in [0, 0.05) is 39.0 Å². The number of aliphatic carboxylic acids is 1. The third-order valence-electron chi connectivity index (χ3n) is 3.62. The Hall–Kier alpha value is -1.59. The van der Waals surface area contributed by atoms with Crippen LogP contribution in [-0.2, 0) is 14.4 Å². The molecule has 2 saturated heterocycles. The molecule has 6 nitrogen and oxygen atoms in total. The summed E-state index contributed by atoms with van der Waals surface area (Å²) in [5.41, 5.74) is 0. The first-order valence-corrected chi connectivity index (χ1v) is 6.36. The first-order valence-electron chi connectivity index (χ1n) is 6.36. The number of nitrogens with zero attached hydrogens (tertiary/aromatic N) is 2. The van der Waals surface area contributed by atoms with Crippen molar-refractivity contribution in [1.29, 1.82) is 0 Å². The van der Waals surface area contributed by atoms with Gasteiger partial charge in [0.1, 0.15) is 0 Å². The molecule has 0 aliphatic carbocycles. The van der Waals surface area contributed by atoms with Crippen molar-refractivity contribution in [2.45, 2.75) is 25.7 Å². The lowest BCUT2D eigenvalue weighted by atomic mass is 10.1. The van der Waals surface area contributed by atoms with Crippen LogP contribution in [0.4, 0.5) is 0 Å². The predicted molar refractivity (Wildman–Crippen MR) is 62.8 cm³/mol. The number of carboxylic acids is 1. The molecule has 100 valence electrons. The van der Waals surface area contributed by atoms with Crippen LogP contribution in [0.2, 0.25) is 0 Å². The molecule has 2 aliphatic rings. The van der Waals surface area contributed by atoms with Crippen LogP contribution >= 0.6 is 0 Å². The molecule has 1 atom stereocenters. The van der Waals surface area contributed by atoms with Crippen molar-refractivity contribution in [2.24, 2.45) is 5.92 Å². The fourth-order valence-corrected chi connectivity index (χ4v) is 2.51. The normalized spacial score (nSPS) is 23.8. The summed E-state index contributed by atoms with van der Waals surface area (Å²) in [6.45, 7) is 2.20. The molecular weight excluding hydrogens is 236 g/mol. The van der Waals surface area contributed by atoms with E-state index in [1.807, 2.05) is 4.90 Å². The molecule has 0 saturated carbocycles. The van der Waals surface area contributed by atoms with Crippen molar-refractivity contribution in [3.05, 3.63) is 0 Å². The summed E-state index contributed by atoms with van der Waals surface area (Å²) in [6.07, 6.45) is 2.47. The highest BCUT2D eigenvalue weighted by Gasteiger charge is 2.34. The molecule has 2 amide bonds. The van der Waals surface area contributed by atoms with Gasteiger partial charge in [-0.25, -0.2) is 0 Å². The molecule has 2 heterocycles. The number of likely N-dealkylation sites (tertiary alicyclic amines) is 2. The maximum absolute atomic E-state index is 11.8. The fourth-order valence-electron chi connectivity index (χ4n) is 2.51. The van der Waals surface area contributed by atoms with Gasteiger partial charge < -0.3 is 14.9 Å². The lowest BCUT2D eigenvalue weighted by molar-refractivity contribution is -0.141. The van der Waals surface area contributed by atoms with Gasteiger partial charge in [-0.05, 0) is 12.8 Å². The Labute approximate surface area is 106 Å². The summed E-state index contributed by atoms with van der Waals surface area (Å²) in [5.74, 6) is -1.63. The van der Waals surface area contributed by atoms with Crippen LogP contribution in [0.3, 0.4) is 0 Å². The third kappa shape index (κ3) is 2.80. The van der Waals surface area contributed by atoms with E-state index >= 15 is 0 Å². The van der Waals surface area contributed by atoms with Crippen molar-refractivity contribution in [3.8, 4) is 0 Å². The lowest BCUT2D eigenvalue weighted by Crippen LogP contribution is -2.33. The molecule has 1 N–H and O–H groups in total. The van der Waals surface area contributed by atoms with E-state index in [9.17, 15) is 14.4 Å². The van der Waals surface area contributed by atoms with E-state index in [1.54, 1.807) is 0 Å². The van der Waals surface area contributed by atoms with Crippen LogP contribution in [0.15, 0.2) is 0 Å². The number of carboxylic acid groups (broad SMARTS) is 1. The second-order valence-electron chi connectivity index (χ2n) is 4.92. The summed E-state index contributed by atoms with van der Waals surface area (Å²) in [4.78, 5) is 37.4. The number of carbonyl (C=O) groups excluding carboxylic acids is 2. The van der Waals surface area contributed by atoms with Gasteiger partial charge in [0.25, 0.3) is 0 Å². The summed E-state index contributed by atoms with van der Waals surface area (Å²) in [5, 5.41) is 8.84. The van der Waals surface area contributed by atoms with Gasteiger partial charge in [0.15, 0.2) is 0 Å². The van der Waals surface area contributed by atoms with Gasteiger partial charge in [-0.3, -0.25) is 14.4 Å². The van der Waals surface area contributed by atoms with E-state index in [-0.39, 0.29) is 24.8 Å². The highest BCUT2D eigenvalue weighted by atomic mass is 16.4. The predicted octanol–water partition coefficient (Wildman–Crippen LogP) is -0.0680. The van der Waals surface area contributed by atoms with Crippen LogP contribution in [0.25, 0.3) is 0 Å². The average Bonchev–Trinajstić information content (AvgIpc) is 2.95. The Balaban J connectivity index is 1.78. The van der Waals surface area contributed by atoms with E-state index in [0.717, 1.165) is 25.9 Å². The Morgan fingerprint density at radius 3 is 2.50 bits per heavy atom. The monoisotopic (exact) mass is 254 g/mol. The molecule has 2 rings (SSSR count). The highest BCUT2D eigenvalue weighted by Crippen LogP contribution is 2.18. The van der Waals surface area contributed by atoms with E-state index in [1.165, 1.54) is 4.90 Å². The van der Waals surface area contributed by atoms with Gasteiger partial charge in [-0.2, -0.15) is 0 Å². The van der Waals surface area contributed by atoms with Gasteiger partial charge in [-0.1, -0.05) is 0 Å². The maximum atomic E-state index is 11.8. The van der Waals surface area contributed by atoms with Crippen LogP contribution < -0.4 is 0 Å². The summed E-state index contributed by atoms with van der Waals surface area (Å²) in [7, 11) is 0. The SMILES string of the molecule is O=C(O)[C@H]1CC(=O)N(CCC(=O)N2CCCC2)C1. The highest BCUT2D eigenvalue weighted by molar-refractivity contribution is 5.86. The number of amides is 2. The Kier molecular flexibility index (Phi) is 3.84. The third-order valence-corrected chi connectivity index (χ3v) is 3.62. The smallest absolute Gasteiger partial charge is 0.308 e. The number of hydrogen-bond acceptors (Lipinski definition) is 3. The number of rotatable bonds is 4.